The van der Waals surface area contributed by atoms with Gasteiger partial charge in [-0.1, -0.05) is 18.2 Å². The summed E-state index contributed by atoms with van der Waals surface area (Å²) < 4.78 is 15.9. The van der Waals surface area contributed by atoms with Crippen LogP contribution in [0.25, 0.3) is 0 Å². The molecule has 0 saturated heterocycles. The molecular weight excluding hydrogens is 304 g/mol. The van der Waals surface area contributed by atoms with Gasteiger partial charge in [0.25, 0.3) is 0 Å². The van der Waals surface area contributed by atoms with Crippen molar-refractivity contribution in [2.45, 2.75) is 19.0 Å². The zero-order chi connectivity index (χ0) is 16.8. The van der Waals surface area contributed by atoms with Crippen LogP contribution >= 0.6 is 0 Å². The molecule has 1 aliphatic rings. The maximum atomic E-state index is 6.19. The van der Waals surface area contributed by atoms with E-state index in [0.717, 1.165) is 42.3 Å². The molecule has 5 heteroatoms. The fourth-order valence-corrected chi connectivity index (χ4v) is 2.63. The lowest BCUT2D eigenvalue weighted by Crippen LogP contribution is -2.27. The highest BCUT2D eigenvalue weighted by atomic mass is 16.7. The zero-order valence-electron chi connectivity index (χ0n) is 13.8. The van der Waals surface area contributed by atoms with E-state index >= 15 is 0 Å². The largest absolute Gasteiger partial charge is 0.497 e. The molecule has 127 valence electrons. The molecule has 1 radical (unpaired) electrons. The molecule has 0 unspecified atom stereocenters. The number of fused-ring (bicyclic) bond motifs is 1. The van der Waals surface area contributed by atoms with Crippen LogP contribution in [0.1, 0.15) is 17.5 Å². The number of rotatable bonds is 8. The van der Waals surface area contributed by atoms with Gasteiger partial charge >= 0.3 is 0 Å². The quantitative estimate of drug-likeness (QED) is 0.729. The summed E-state index contributed by atoms with van der Waals surface area (Å²) in [5, 5.41) is 3.41. The van der Waals surface area contributed by atoms with Gasteiger partial charge in [0.15, 0.2) is 11.5 Å². The monoisotopic (exact) mass is 327 g/mol. The smallest absolute Gasteiger partial charge is 0.231 e. The molecule has 0 saturated carbocycles. The van der Waals surface area contributed by atoms with Crippen molar-refractivity contribution in [2.75, 3.05) is 20.4 Å². The Balaban J connectivity index is 1.40. The predicted molar refractivity (Wildman–Crippen MR) is 93.3 cm³/mol. The van der Waals surface area contributed by atoms with Crippen molar-refractivity contribution in [3.8, 4) is 17.2 Å². The molecule has 2 aromatic carbocycles. The lowest BCUT2D eigenvalue weighted by Gasteiger charge is -2.12. The van der Waals surface area contributed by atoms with Gasteiger partial charge in [-0.3, -0.25) is 0 Å². The van der Waals surface area contributed by atoms with Gasteiger partial charge in [-0.15, -0.1) is 0 Å². The van der Waals surface area contributed by atoms with Crippen LogP contribution < -0.4 is 25.3 Å². The van der Waals surface area contributed by atoms with Gasteiger partial charge in [0.05, 0.1) is 7.11 Å². The fraction of sp³-hybridized carbons (Fsp3) is 0.316. The molecule has 0 fully saturated rings. The number of hydrogen-bond donors (Lipinski definition) is 2. The van der Waals surface area contributed by atoms with E-state index in [1.54, 1.807) is 7.11 Å². The van der Waals surface area contributed by atoms with Crippen LogP contribution in [-0.2, 0) is 6.54 Å². The highest BCUT2D eigenvalue weighted by Gasteiger charge is 2.14. The first-order valence-electron chi connectivity index (χ1n) is 8.08. The molecule has 2 aromatic rings. The standard InChI is InChI=1S/C19H23N2O3/c1-22-17-4-2-3-15(10-17)12-21-8-7-16(20)9-14-5-6-18-19(11-14)24-13-23-18/h2-6,9-11,16,21H,7-8,12-13,20H2,1H3/t16-/m1/s1. The molecule has 24 heavy (non-hydrogen) atoms. The molecule has 0 aliphatic carbocycles. The average Bonchev–Trinajstić information content (AvgIpc) is 3.06. The molecule has 1 atom stereocenters. The minimum Gasteiger partial charge on any atom is -0.497 e. The SMILES string of the molecule is COc1cccc(CNCC[C@@H](N)[CH]c2ccc3c(c2)OCO3)c1. The van der Waals surface area contributed by atoms with E-state index in [1.807, 2.05) is 36.4 Å². The number of ether oxygens (including phenoxy) is 3. The Labute approximate surface area is 142 Å². The summed E-state index contributed by atoms with van der Waals surface area (Å²) in [7, 11) is 1.68. The van der Waals surface area contributed by atoms with Crippen LogP contribution in [0.3, 0.4) is 0 Å². The van der Waals surface area contributed by atoms with E-state index in [0.29, 0.717) is 6.79 Å². The molecule has 1 heterocycles. The fourth-order valence-electron chi connectivity index (χ4n) is 2.63. The highest BCUT2D eigenvalue weighted by Crippen LogP contribution is 2.33. The van der Waals surface area contributed by atoms with Gasteiger partial charge in [-0.2, -0.15) is 0 Å². The second-order valence-corrected chi connectivity index (χ2v) is 5.76. The summed E-state index contributed by atoms with van der Waals surface area (Å²) in [5.74, 6) is 2.45. The van der Waals surface area contributed by atoms with Gasteiger partial charge in [0, 0.05) is 19.0 Å². The van der Waals surface area contributed by atoms with Gasteiger partial charge in [0.2, 0.25) is 6.79 Å². The maximum Gasteiger partial charge on any atom is 0.231 e. The molecule has 0 spiro atoms. The Kier molecular flexibility index (Phi) is 5.56. The minimum absolute atomic E-state index is 0.0109. The van der Waals surface area contributed by atoms with Crippen LogP contribution in [0.15, 0.2) is 42.5 Å². The molecule has 0 amide bonds. The van der Waals surface area contributed by atoms with Crippen molar-refractivity contribution in [1.29, 1.82) is 0 Å². The summed E-state index contributed by atoms with van der Waals surface area (Å²) in [6.07, 6.45) is 2.91. The number of benzene rings is 2. The number of nitrogens with two attached hydrogens (primary N) is 1. The van der Waals surface area contributed by atoms with Crippen LogP contribution in [0.5, 0.6) is 17.2 Å². The second-order valence-electron chi connectivity index (χ2n) is 5.76. The third kappa shape index (κ3) is 4.40. The normalized spacial score (nSPS) is 13.8. The summed E-state index contributed by atoms with van der Waals surface area (Å²) in [4.78, 5) is 0. The average molecular weight is 327 g/mol. The third-order valence-corrected chi connectivity index (χ3v) is 3.92. The molecular formula is C19H23N2O3. The van der Waals surface area contributed by atoms with Crippen molar-refractivity contribution < 1.29 is 14.2 Å². The Bertz CT molecular complexity index is 675. The van der Waals surface area contributed by atoms with Crippen LogP contribution in [0.4, 0.5) is 0 Å². The number of hydrogen-bond acceptors (Lipinski definition) is 5. The van der Waals surface area contributed by atoms with Gasteiger partial charge < -0.3 is 25.3 Å². The van der Waals surface area contributed by atoms with Gasteiger partial charge in [-0.25, -0.2) is 0 Å². The van der Waals surface area contributed by atoms with E-state index in [1.165, 1.54) is 5.56 Å². The summed E-state index contributed by atoms with van der Waals surface area (Å²) in [6.45, 7) is 1.94. The second kappa shape index (κ2) is 8.04. The summed E-state index contributed by atoms with van der Waals surface area (Å²) in [5.41, 5.74) is 8.44. The van der Waals surface area contributed by atoms with Crippen LogP contribution in [0, 0.1) is 6.42 Å². The topological polar surface area (TPSA) is 65.7 Å². The molecule has 3 rings (SSSR count). The number of methoxy groups -OCH3 is 1. The predicted octanol–water partition coefficient (Wildman–Crippen LogP) is 2.48. The maximum absolute atomic E-state index is 6.19. The van der Waals surface area contributed by atoms with E-state index in [-0.39, 0.29) is 6.04 Å². The lowest BCUT2D eigenvalue weighted by atomic mass is 10.0. The molecule has 0 bridgehead atoms. The van der Waals surface area contributed by atoms with Crippen molar-refractivity contribution >= 4 is 0 Å². The summed E-state index contributed by atoms with van der Waals surface area (Å²) in [6, 6.07) is 13.9. The Morgan fingerprint density at radius 3 is 2.96 bits per heavy atom. The zero-order valence-corrected chi connectivity index (χ0v) is 13.8. The molecule has 0 aromatic heterocycles. The number of nitrogens with one attached hydrogen (secondary N) is 1. The lowest BCUT2D eigenvalue weighted by molar-refractivity contribution is 0.174. The summed E-state index contributed by atoms with van der Waals surface area (Å²) >= 11 is 0. The van der Waals surface area contributed by atoms with Crippen LogP contribution in [0.2, 0.25) is 0 Å². The van der Waals surface area contributed by atoms with Gasteiger partial charge in [-0.05, 0) is 48.4 Å². The van der Waals surface area contributed by atoms with Crippen molar-refractivity contribution in [3.63, 3.8) is 0 Å². The first kappa shape index (κ1) is 16.6. The molecule has 1 aliphatic heterocycles. The van der Waals surface area contributed by atoms with E-state index < -0.39 is 0 Å². The van der Waals surface area contributed by atoms with E-state index in [9.17, 15) is 0 Å². The van der Waals surface area contributed by atoms with Crippen molar-refractivity contribution in [3.05, 3.63) is 60.0 Å². The first-order chi connectivity index (χ1) is 11.7. The first-order valence-corrected chi connectivity index (χ1v) is 8.08. The van der Waals surface area contributed by atoms with Gasteiger partial charge in [0.1, 0.15) is 5.75 Å². The third-order valence-electron chi connectivity index (χ3n) is 3.92. The van der Waals surface area contributed by atoms with E-state index in [2.05, 4.69) is 17.8 Å². The minimum atomic E-state index is -0.0109. The Morgan fingerprint density at radius 2 is 2.08 bits per heavy atom. The van der Waals surface area contributed by atoms with Crippen LogP contribution in [-0.4, -0.2) is 26.5 Å². The Morgan fingerprint density at radius 1 is 1.21 bits per heavy atom. The molecule has 5 nitrogen and oxygen atoms in total. The molecule has 3 N–H and O–H groups in total. The van der Waals surface area contributed by atoms with Crippen molar-refractivity contribution in [2.24, 2.45) is 5.73 Å². The van der Waals surface area contributed by atoms with E-state index in [4.69, 9.17) is 19.9 Å². The van der Waals surface area contributed by atoms with Crippen molar-refractivity contribution in [1.82, 2.24) is 5.32 Å². The Hall–Kier alpha value is -2.24. The highest BCUT2D eigenvalue weighted by molar-refractivity contribution is 5.46.